The highest BCUT2D eigenvalue weighted by Crippen LogP contribution is 2.30. The van der Waals surface area contributed by atoms with Crippen LogP contribution in [0.25, 0.3) is 0 Å². The second-order valence-corrected chi connectivity index (χ2v) is 6.04. The normalized spacial score (nSPS) is 10.0. The number of ether oxygens (including phenoxy) is 2. The third kappa shape index (κ3) is 5.22. The SMILES string of the molecule is COc1cccc(CNC(=O)CNC(=O)c2cccc(Br)c2)c1OC. The van der Waals surface area contributed by atoms with Gasteiger partial charge in [-0.1, -0.05) is 34.1 Å². The van der Waals surface area contributed by atoms with E-state index in [0.717, 1.165) is 10.0 Å². The molecule has 0 bridgehead atoms. The van der Waals surface area contributed by atoms with Crippen LogP contribution in [0, 0.1) is 0 Å². The molecule has 0 aliphatic heterocycles. The van der Waals surface area contributed by atoms with Crippen LogP contribution in [0.2, 0.25) is 0 Å². The number of nitrogens with one attached hydrogen (secondary N) is 2. The Hall–Kier alpha value is -2.54. The van der Waals surface area contributed by atoms with Crippen LogP contribution in [-0.4, -0.2) is 32.6 Å². The van der Waals surface area contributed by atoms with Crippen molar-refractivity contribution in [3.05, 3.63) is 58.1 Å². The number of amides is 2. The molecule has 2 amide bonds. The lowest BCUT2D eigenvalue weighted by atomic mass is 10.2. The van der Waals surface area contributed by atoms with E-state index in [1.54, 1.807) is 38.5 Å². The van der Waals surface area contributed by atoms with Crippen molar-refractivity contribution in [2.24, 2.45) is 0 Å². The van der Waals surface area contributed by atoms with E-state index >= 15 is 0 Å². The minimum Gasteiger partial charge on any atom is -0.493 e. The largest absolute Gasteiger partial charge is 0.493 e. The summed E-state index contributed by atoms with van der Waals surface area (Å²) in [7, 11) is 3.10. The molecule has 0 saturated carbocycles. The van der Waals surface area contributed by atoms with Gasteiger partial charge in [-0.3, -0.25) is 9.59 Å². The van der Waals surface area contributed by atoms with Crippen LogP contribution >= 0.6 is 15.9 Å². The number of methoxy groups -OCH3 is 2. The Morgan fingerprint density at radius 3 is 2.48 bits per heavy atom. The number of halogens is 1. The summed E-state index contributed by atoms with van der Waals surface area (Å²) in [6.07, 6.45) is 0. The van der Waals surface area contributed by atoms with Gasteiger partial charge in [-0.25, -0.2) is 0 Å². The predicted octanol–water partition coefficient (Wildman–Crippen LogP) is 2.51. The van der Waals surface area contributed by atoms with Crippen LogP contribution < -0.4 is 20.1 Å². The van der Waals surface area contributed by atoms with Crippen LogP contribution in [0.3, 0.4) is 0 Å². The number of carbonyl (C=O) groups excluding carboxylic acids is 2. The molecule has 0 saturated heterocycles. The fourth-order valence-corrected chi connectivity index (χ4v) is 2.64. The highest BCUT2D eigenvalue weighted by Gasteiger charge is 2.12. The number of rotatable bonds is 7. The summed E-state index contributed by atoms with van der Waals surface area (Å²) in [5.74, 6) is 0.560. The van der Waals surface area contributed by atoms with Crippen molar-refractivity contribution in [2.45, 2.75) is 6.54 Å². The molecular formula is C18H19BrN2O4. The molecule has 0 fully saturated rings. The van der Waals surface area contributed by atoms with E-state index in [-0.39, 0.29) is 24.9 Å². The summed E-state index contributed by atoms with van der Waals surface area (Å²) >= 11 is 3.31. The van der Waals surface area contributed by atoms with E-state index in [1.807, 2.05) is 18.2 Å². The Bertz CT molecular complexity index is 764. The molecule has 0 radical (unpaired) electrons. The Labute approximate surface area is 154 Å². The molecule has 0 atom stereocenters. The molecule has 25 heavy (non-hydrogen) atoms. The van der Waals surface area contributed by atoms with Gasteiger partial charge in [0.2, 0.25) is 5.91 Å². The highest BCUT2D eigenvalue weighted by molar-refractivity contribution is 9.10. The molecule has 0 aromatic heterocycles. The van der Waals surface area contributed by atoms with Crippen molar-refractivity contribution in [2.75, 3.05) is 20.8 Å². The summed E-state index contributed by atoms with van der Waals surface area (Å²) in [5.41, 5.74) is 1.27. The van der Waals surface area contributed by atoms with E-state index < -0.39 is 0 Å². The fourth-order valence-electron chi connectivity index (χ4n) is 2.24. The van der Waals surface area contributed by atoms with E-state index in [0.29, 0.717) is 17.1 Å². The Balaban J connectivity index is 1.88. The van der Waals surface area contributed by atoms with Gasteiger partial charge in [0.25, 0.3) is 5.91 Å². The first kappa shape index (κ1) is 18.8. The smallest absolute Gasteiger partial charge is 0.251 e. The van der Waals surface area contributed by atoms with Crippen molar-refractivity contribution in [1.29, 1.82) is 0 Å². The summed E-state index contributed by atoms with van der Waals surface area (Å²) in [4.78, 5) is 24.0. The van der Waals surface area contributed by atoms with Crippen LogP contribution in [0.5, 0.6) is 11.5 Å². The summed E-state index contributed by atoms with van der Waals surface area (Å²) in [6.45, 7) is 0.156. The second kappa shape index (κ2) is 9.08. The van der Waals surface area contributed by atoms with Crippen LogP contribution in [0.4, 0.5) is 0 Å². The van der Waals surface area contributed by atoms with Crippen LogP contribution in [-0.2, 0) is 11.3 Å². The van der Waals surface area contributed by atoms with Gasteiger partial charge in [-0.15, -0.1) is 0 Å². The molecular weight excluding hydrogens is 388 g/mol. The molecule has 0 spiro atoms. The standard InChI is InChI=1S/C18H19BrN2O4/c1-24-15-8-4-6-13(17(15)25-2)10-20-16(22)11-21-18(23)12-5-3-7-14(19)9-12/h3-9H,10-11H2,1-2H3,(H,20,22)(H,21,23). The van der Waals surface area contributed by atoms with E-state index in [1.165, 1.54) is 0 Å². The predicted molar refractivity (Wildman–Crippen MR) is 97.9 cm³/mol. The maximum atomic E-state index is 12.0. The topological polar surface area (TPSA) is 76.7 Å². The highest BCUT2D eigenvalue weighted by atomic mass is 79.9. The van der Waals surface area contributed by atoms with Gasteiger partial charge in [0.1, 0.15) is 0 Å². The molecule has 2 rings (SSSR count). The second-order valence-electron chi connectivity index (χ2n) is 5.12. The molecule has 2 aromatic carbocycles. The third-order valence-electron chi connectivity index (χ3n) is 3.46. The Morgan fingerprint density at radius 2 is 1.80 bits per heavy atom. The third-order valence-corrected chi connectivity index (χ3v) is 3.95. The number of hydrogen-bond acceptors (Lipinski definition) is 4. The molecule has 2 aromatic rings. The van der Waals surface area contributed by atoms with Crippen molar-refractivity contribution in [3.8, 4) is 11.5 Å². The molecule has 0 aliphatic carbocycles. The van der Waals surface area contributed by atoms with Crippen LogP contribution in [0.1, 0.15) is 15.9 Å². The average molecular weight is 407 g/mol. The summed E-state index contributed by atoms with van der Waals surface area (Å²) in [5, 5.41) is 5.33. The molecule has 0 aliphatic rings. The molecule has 0 heterocycles. The van der Waals surface area contributed by atoms with Gasteiger partial charge in [0, 0.05) is 22.1 Å². The van der Waals surface area contributed by atoms with Gasteiger partial charge in [-0.05, 0) is 24.3 Å². The van der Waals surface area contributed by atoms with Crippen molar-refractivity contribution in [3.63, 3.8) is 0 Å². The lowest BCUT2D eigenvalue weighted by Crippen LogP contribution is -2.36. The van der Waals surface area contributed by atoms with E-state index in [2.05, 4.69) is 26.6 Å². The first-order chi connectivity index (χ1) is 12.0. The van der Waals surface area contributed by atoms with Gasteiger partial charge in [0.05, 0.1) is 20.8 Å². The zero-order valence-corrected chi connectivity index (χ0v) is 15.6. The molecule has 2 N–H and O–H groups in total. The number of benzene rings is 2. The first-order valence-corrected chi connectivity index (χ1v) is 8.34. The van der Waals surface area contributed by atoms with Crippen molar-refractivity contribution in [1.82, 2.24) is 10.6 Å². The zero-order chi connectivity index (χ0) is 18.2. The Morgan fingerprint density at radius 1 is 1.04 bits per heavy atom. The monoisotopic (exact) mass is 406 g/mol. The molecule has 7 heteroatoms. The number of hydrogen-bond donors (Lipinski definition) is 2. The lowest BCUT2D eigenvalue weighted by Gasteiger charge is -2.13. The molecule has 0 unspecified atom stereocenters. The van der Waals surface area contributed by atoms with Gasteiger partial charge in [0.15, 0.2) is 11.5 Å². The zero-order valence-electron chi connectivity index (χ0n) is 14.0. The Kier molecular flexibility index (Phi) is 6.82. The lowest BCUT2D eigenvalue weighted by molar-refractivity contribution is -0.120. The van der Waals surface area contributed by atoms with Crippen molar-refractivity contribution < 1.29 is 19.1 Å². The minimum atomic E-state index is -0.310. The van der Waals surface area contributed by atoms with Gasteiger partial charge >= 0.3 is 0 Å². The number of carbonyl (C=O) groups is 2. The molecule has 132 valence electrons. The van der Waals surface area contributed by atoms with E-state index in [4.69, 9.17) is 9.47 Å². The van der Waals surface area contributed by atoms with Crippen molar-refractivity contribution >= 4 is 27.7 Å². The average Bonchev–Trinajstić information content (AvgIpc) is 2.63. The van der Waals surface area contributed by atoms with Gasteiger partial charge in [-0.2, -0.15) is 0 Å². The fraction of sp³-hybridized carbons (Fsp3) is 0.222. The van der Waals surface area contributed by atoms with Gasteiger partial charge < -0.3 is 20.1 Å². The first-order valence-electron chi connectivity index (χ1n) is 7.55. The maximum absolute atomic E-state index is 12.0. The quantitative estimate of drug-likeness (QED) is 0.740. The van der Waals surface area contributed by atoms with E-state index in [9.17, 15) is 9.59 Å². The summed E-state index contributed by atoms with van der Waals surface area (Å²) < 4.78 is 11.3. The molecule has 6 nitrogen and oxygen atoms in total. The van der Waals surface area contributed by atoms with Crippen LogP contribution in [0.15, 0.2) is 46.9 Å². The number of para-hydroxylation sites is 1. The summed E-state index contributed by atoms with van der Waals surface area (Å²) in [6, 6.07) is 12.4. The minimum absolute atomic E-state index is 0.113. The maximum Gasteiger partial charge on any atom is 0.251 e.